The summed E-state index contributed by atoms with van der Waals surface area (Å²) in [4.78, 5) is 27.5. The van der Waals surface area contributed by atoms with Gasteiger partial charge in [-0.15, -0.1) is 0 Å². The Morgan fingerprint density at radius 3 is 2.62 bits per heavy atom. The van der Waals surface area contributed by atoms with E-state index in [4.69, 9.17) is 10.2 Å². The van der Waals surface area contributed by atoms with Gasteiger partial charge in [0.15, 0.2) is 0 Å². The van der Waals surface area contributed by atoms with Crippen molar-refractivity contribution in [3.63, 3.8) is 0 Å². The Labute approximate surface area is 144 Å². The molecule has 3 aromatic heterocycles. The Kier molecular flexibility index (Phi) is 4.18. The molecule has 3 rings (SSSR count). The topological polar surface area (TPSA) is 93.8 Å². The average molecular weight is 366 g/mol. The summed E-state index contributed by atoms with van der Waals surface area (Å²) in [6.45, 7) is 0. The zero-order valence-corrected chi connectivity index (χ0v) is 13.4. The highest BCUT2D eigenvalue weighted by molar-refractivity contribution is 5.94. The molecule has 136 valence electrons. The summed E-state index contributed by atoms with van der Waals surface area (Å²) in [6.07, 6.45) is 0.432. The van der Waals surface area contributed by atoms with Crippen LogP contribution in [0.15, 0.2) is 41.5 Å². The molecule has 0 aliphatic rings. The number of imide groups is 1. The average Bonchev–Trinajstić information content (AvgIpc) is 3.20. The number of aromatic nitrogens is 2. The second-order valence-corrected chi connectivity index (χ2v) is 5.58. The zero-order chi connectivity index (χ0) is 19.1. The van der Waals surface area contributed by atoms with Crippen molar-refractivity contribution in [1.82, 2.24) is 14.3 Å². The number of urea groups is 1. The zero-order valence-electron chi connectivity index (χ0n) is 13.4. The van der Waals surface area contributed by atoms with Crippen LogP contribution in [0.25, 0.3) is 16.8 Å². The molecule has 0 bridgehead atoms. The highest BCUT2D eigenvalue weighted by Gasteiger charge is 2.35. The third-order valence-electron chi connectivity index (χ3n) is 3.80. The summed E-state index contributed by atoms with van der Waals surface area (Å²) in [5.41, 5.74) is 4.55. The van der Waals surface area contributed by atoms with E-state index in [0.717, 1.165) is 6.07 Å². The number of primary amides is 1. The number of hydrogen-bond donors (Lipinski definition) is 1. The number of pyridine rings is 1. The summed E-state index contributed by atoms with van der Waals surface area (Å²) in [5, 5.41) is 0. The number of alkyl halides is 3. The van der Waals surface area contributed by atoms with Crippen LogP contribution >= 0.6 is 0 Å². The van der Waals surface area contributed by atoms with Crippen LogP contribution in [-0.4, -0.2) is 33.3 Å². The molecule has 0 aliphatic carbocycles. The number of carbonyl (C=O) groups excluding carboxylic acids is 2. The lowest BCUT2D eigenvalue weighted by molar-refractivity contribution is -0.136. The van der Waals surface area contributed by atoms with Gasteiger partial charge >= 0.3 is 12.2 Å². The molecule has 10 heteroatoms. The lowest BCUT2D eigenvalue weighted by Crippen LogP contribution is -2.38. The molecule has 3 amide bonds. The number of nitrogens with zero attached hydrogens (tertiary/aromatic N) is 3. The Hall–Kier alpha value is -3.30. The van der Waals surface area contributed by atoms with Crippen molar-refractivity contribution in [1.29, 1.82) is 0 Å². The summed E-state index contributed by atoms with van der Waals surface area (Å²) in [7, 11) is 1.18. The maximum atomic E-state index is 13.4. The van der Waals surface area contributed by atoms with Gasteiger partial charge in [-0.2, -0.15) is 13.2 Å². The number of fused-ring (bicyclic) bond motifs is 1. The number of hydrogen-bond acceptors (Lipinski definition) is 4. The first-order chi connectivity index (χ1) is 12.2. The fraction of sp³-hybridized carbons (Fsp3) is 0.188. The highest BCUT2D eigenvalue weighted by Crippen LogP contribution is 2.35. The van der Waals surface area contributed by atoms with Crippen molar-refractivity contribution in [2.45, 2.75) is 12.6 Å². The maximum Gasteiger partial charge on any atom is 0.420 e. The van der Waals surface area contributed by atoms with E-state index >= 15 is 0 Å². The van der Waals surface area contributed by atoms with Crippen LogP contribution in [0.5, 0.6) is 0 Å². The lowest BCUT2D eigenvalue weighted by Gasteiger charge is -2.10. The van der Waals surface area contributed by atoms with Gasteiger partial charge in [0.2, 0.25) is 5.91 Å². The maximum absolute atomic E-state index is 13.4. The van der Waals surface area contributed by atoms with E-state index in [1.807, 2.05) is 0 Å². The first kappa shape index (κ1) is 17.5. The van der Waals surface area contributed by atoms with E-state index in [0.29, 0.717) is 10.5 Å². The van der Waals surface area contributed by atoms with E-state index in [1.165, 1.54) is 42.4 Å². The van der Waals surface area contributed by atoms with Crippen molar-refractivity contribution < 1.29 is 27.2 Å². The van der Waals surface area contributed by atoms with E-state index in [1.54, 1.807) is 0 Å². The van der Waals surface area contributed by atoms with Crippen LogP contribution < -0.4 is 5.73 Å². The lowest BCUT2D eigenvalue weighted by atomic mass is 10.1. The van der Waals surface area contributed by atoms with Gasteiger partial charge in [-0.25, -0.2) is 9.78 Å². The third-order valence-corrected chi connectivity index (χ3v) is 3.80. The van der Waals surface area contributed by atoms with E-state index in [9.17, 15) is 22.8 Å². The molecule has 0 aliphatic heterocycles. The summed E-state index contributed by atoms with van der Waals surface area (Å²) < 4.78 is 46.4. The van der Waals surface area contributed by atoms with Crippen LogP contribution in [0.4, 0.5) is 18.0 Å². The summed E-state index contributed by atoms with van der Waals surface area (Å²) in [6, 6.07) is 1.54. The molecular weight excluding hydrogens is 353 g/mol. The summed E-state index contributed by atoms with van der Waals surface area (Å²) in [5.74, 6) is -0.676. The number of imidazole rings is 1. The van der Waals surface area contributed by atoms with Crippen LogP contribution in [0.3, 0.4) is 0 Å². The fourth-order valence-corrected chi connectivity index (χ4v) is 2.43. The van der Waals surface area contributed by atoms with Crippen molar-refractivity contribution >= 4 is 17.6 Å². The molecule has 0 fully saturated rings. The second kappa shape index (κ2) is 6.21. The molecule has 0 atom stereocenters. The smallest absolute Gasteiger partial charge is 0.420 e. The molecule has 7 nitrogen and oxygen atoms in total. The predicted molar refractivity (Wildman–Crippen MR) is 84.0 cm³/mol. The van der Waals surface area contributed by atoms with Crippen LogP contribution in [0.2, 0.25) is 0 Å². The Morgan fingerprint density at radius 1 is 1.31 bits per heavy atom. The van der Waals surface area contributed by atoms with Gasteiger partial charge in [-0.3, -0.25) is 9.69 Å². The molecule has 0 spiro atoms. The number of nitrogens with two attached hydrogens (primary N) is 1. The number of likely N-dealkylation sites (N-methyl/N-ethyl adjacent to an activating group) is 1. The SMILES string of the molecule is CN(C(N)=O)C(=O)Cc1cn2cc(-c3ccoc3)cc(C(F)(F)F)c2n1. The number of amides is 3. The van der Waals surface area contributed by atoms with Gasteiger partial charge in [0, 0.05) is 30.6 Å². The van der Waals surface area contributed by atoms with Crippen LogP contribution in [0, 0.1) is 0 Å². The van der Waals surface area contributed by atoms with Crippen molar-refractivity contribution in [3.05, 3.63) is 48.3 Å². The normalized spacial score (nSPS) is 11.7. The first-order valence-electron chi connectivity index (χ1n) is 7.34. The molecule has 0 saturated carbocycles. The quantitative estimate of drug-likeness (QED) is 0.771. The second-order valence-electron chi connectivity index (χ2n) is 5.58. The number of rotatable bonds is 3. The first-order valence-corrected chi connectivity index (χ1v) is 7.34. The van der Waals surface area contributed by atoms with Gasteiger partial charge < -0.3 is 14.6 Å². The summed E-state index contributed by atoms with van der Waals surface area (Å²) >= 11 is 0. The van der Waals surface area contributed by atoms with Crippen LogP contribution in [0.1, 0.15) is 11.3 Å². The number of carbonyl (C=O) groups is 2. The monoisotopic (exact) mass is 366 g/mol. The number of halogens is 3. The molecule has 0 saturated heterocycles. The Balaban J connectivity index is 2.07. The van der Waals surface area contributed by atoms with Crippen molar-refractivity contribution in [3.8, 4) is 11.1 Å². The Bertz CT molecular complexity index is 977. The molecule has 0 radical (unpaired) electrons. The highest BCUT2D eigenvalue weighted by atomic mass is 19.4. The molecular formula is C16H13F3N4O3. The Morgan fingerprint density at radius 2 is 2.04 bits per heavy atom. The predicted octanol–water partition coefficient (Wildman–Crippen LogP) is 2.69. The van der Waals surface area contributed by atoms with Gasteiger partial charge in [-0.05, 0) is 12.1 Å². The van der Waals surface area contributed by atoms with E-state index in [-0.39, 0.29) is 23.3 Å². The van der Waals surface area contributed by atoms with Gasteiger partial charge in [-0.1, -0.05) is 0 Å². The molecule has 3 heterocycles. The minimum atomic E-state index is -4.64. The van der Waals surface area contributed by atoms with Gasteiger partial charge in [0.1, 0.15) is 5.65 Å². The fourth-order valence-electron chi connectivity index (χ4n) is 2.43. The van der Waals surface area contributed by atoms with Gasteiger partial charge in [0.05, 0.1) is 30.2 Å². The molecule has 2 N–H and O–H groups in total. The van der Waals surface area contributed by atoms with Gasteiger partial charge in [0.25, 0.3) is 0 Å². The minimum Gasteiger partial charge on any atom is -0.472 e. The number of furan rings is 1. The van der Waals surface area contributed by atoms with E-state index in [2.05, 4.69) is 4.98 Å². The molecule has 0 aromatic carbocycles. The molecule has 26 heavy (non-hydrogen) atoms. The standard InChI is InChI=1S/C16H13F3N4O3/c1-22(15(20)25)13(24)5-11-7-23-6-10(9-2-3-26-8-9)4-12(14(23)21-11)16(17,18)19/h2-4,6-8H,5H2,1H3,(H2,20,25). The van der Waals surface area contributed by atoms with E-state index < -0.39 is 23.7 Å². The molecule has 0 unspecified atom stereocenters. The van der Waals surface area contributed by atoms with Crippen molar-refractivity contribution in [2.75, 3.05) is 7.05 Å². The molecule has 3 aromatic rings. The minimum absolute atomic E-state index is 0.0814. The largest absolute Gasteiger partial charge is 0.472 e. The van der Waals surface area contributed by atoms with Crippen LogP contribution in [-0.2, 0) is 17.4 Å². The van der Waals surface area contributed by atoms with Crippen molar-refractivity contribution in [2.24, 2.45) is 5.73 Å². The third kappa shape index (κ3) is 3.25.